The van der Waals surface area contributed by atoms with E-state index in [9.17, 15) is 25.2 Å². The van der Waals surface area contributed by atoms with E-state index >= 15 is 0 Å². The highest BCUT2D eigenvalue weighted by Gasteiger charge is 2.80. The van der Waals surface area contributed by atoms with E-state index in [-0.39, 0.29) is 40.6 Å². The molecule has 0 amide bonds. The highest BCUT2D eigenvalue weighted by Crippen LogP contribution is 2.87. The fraction of sp³-hybridized carbons (Fsp3) is 0.900. The summed E-state index contributed by atoms with van der Waals surface area (Å²) < 4.78 is 0. The van der Waals surface area contributed by atoms with E-state index in [1.165, 1.54) is 19.3 Å². The van der Waals surface area contributed by atoms with Gasteiger partial charge in [-0.25, -0.2) is 0 Å². The minimum Gasteiger partial charge on any atom is -0.481 e. The number of carboxylic acid groups (broad SMARTS) is 1. The molecule has 5 nitrogen and oxygen atoms in total. The zero-order valence-electron chi connectivity index (χ0n) is 22.8. The molecule has 5 heteroatoms. The van der Waals surface area contributed by atoms with Crippen molar-refractivity contribution in [2.45, 2.75) is 117 Å². The zero-order chi connectivity index (χ0) is 26.0. The van der Waals surface area contributed by atoms with Crippen molar-refractivity contribution in [1.82, 2.24) is 0 Å². The second-order valence-electron chi connectivity index (χ2n) is 14.1. The summed E-state index contributed by atoms with van der Waals surface area (Å²) in [6.45, 7) is 15.0. The van der Waals surface area contributed by atoms with Crippen molar-refractivity contribution >= 4 is 5.97 Å². The van der Waals surface area contributed by atoms with Crippen LogP contribution in [0.2, 0.25) is 0 Å². The number of rotatable bonds is 10. The van der Waals surface area contributed by atoms with Crippen LogP contribution in [0, 0.1) is 45.3 Å². The van der Waals surface area contributed by atoms with Crippen LogP contribution in [0.25, 0.3) is 0 Å². The third-order valence-corrected chi connectivity index (χ3v) is 12.4. The van der Waals surface area contributed by atoms with Crippen molar-refractivity contribution in [2.24, 2.45) is 45.3 Å². The number of aliphatic hydroxyl groups excluding tert-OH is 2. The summed E-state index contributed by atoms with van der Waals surface area (Å²) in [5.41, 5.74) is 0.520. The van der Waals surface area contributed by atoms with E-state index < -0.39 is 17.7 Å². The van der Waals surface area contributed by atoms with Crippen molar-refractivity contribution in [3.05, 3.63) is 12.2 Å². The highest BCUT2D eigenvalue weighted by atomic mass is 16.4. The molecular weight excluding hydrogens is 440 g/mol. The molecular formula is C30H50O5. The Morgan fingerprint density at radius 2 is 1.77 bits per heavy atom. The van der Waals surface area contributed by atoms with Crippen LogP contribution in [0.5, 0.6) is 0 Å². The first-order chi connectivity index (χ1) is 16.2. The van der Waals surface area contributed by atoms with Gasteiger partial charge in [-0.3, -0.25) is 4.79 Å². The number of carboxylic acids is 1. The van der Waals surface area contributed by atoms with E-state index in [1.807, 2.05) is 0 Å². The summed E-state index contributed by atoms with van der Waals surface area (Å²) >= 11 is 0. The summed E-state index contributed by atoms with van der Waals surface area (Å²) in [5.74, 6) is 1.23. The molecule has 4 N–H and O–H groups in total. The van der Waals surface area contributed by atoms with Crippen LogP contribution in [0.3, 0.4) is 0 Å². The highest BCUT2D eigenvalue weighted by molar-refractivity contribution is 5.67. The van der Waals surface area contributed by atoms with Crippen molar-refractivity contribution in [1.29, 1.82) is 0 Å². The summed E-state index contributed by atoms with van der Waals surface area (Å²) in [4.78, 5) is 11.6. The Bertz CT molecular complexity index is 846. The number of aliphatic hydroxyl groups is 3. The molecule has 0 saturated heterocycles. The van der Waals surface area contributed by atoms with Gasteiger partial charge in [0, 0.05) is 6.42 Å². The van der Waals surface area contributed by atoms with Gasteiger partial charge in [-0.15, -0.1) is 0 Å². The molecule has 4 saturated carbocycles. The standard InChI is InChI=1S/C30H50O5/c1-19(7-10-24(32)26(3,4)35)21-11-13-28(6)23-9-8-22(20(2)17-31)29(14-12-25(33)34)18-30(23,29)16-15-27(21,28)5/h19,21-24,31-32,35H,2,7-18H2,1,3-6H3,(H,33,34). The van der Waals surface area contributed by atoms with Crippen molar-refractivity contribution in [2.75, 3.05) is 6.61 Å². The maximum atomic E-state index is 11.6. The van der Waals surface area contributed by atoms with Gasteiger partial charge in [0.15, 0.2) is 0 Å². The first-order valence-electron chi connectivity index (χ1n) is 14.1. The lowest BCUT2D eigenvalue weighted by atomic mass is 9.43. The Morgan fingerprint density at radius 1 is 1.09 bits per heavy atom. The molecule has 200 valence electrons. The van der Waals surface area contributed by atoms with Gasteiger partial charge in [-0.1, -0.05) is 27.4 Å². The fourth-order valence-electron chi connectivity index (χ4n) is 10.2. The summed E-state index contributed by atoms with van der Waals surface area (Å²) in [7, 11) is 0. The topological polar surface area (TPSA) is 98.0 Å². The third-order valence-electron chi connectivity index (χ3n) is 12.4. The summed E-state index contributed by atoms with van der Waals surface area (Å²) in [6.07, 6.45) is 9.84. The Hall–Kier alpha value is -0.910. The monoisotopic (exact) mass is 490 g/mol. The van der Waals surface area contributed by atoms with Crippen molar-refractivity contribution < 1.29 is 25.2 Å². The molecule has 0 radical (unpaired) electrons. The van der Waals surface area contributed by atoms with E-state index in [0.29, 0.717) is 30.6 Å². The molecule has 0 heterocycles. The normalized spacial score (nSPS) is 44.1. The predicted octanol–water partition coefficient (Wildman–Crippen LogP) is 5.57. The molecule has 9 unspecified atom stereocenters. The van der Waals surface area contributed by atoms with Gasteiger partial charge in [0.2, 0.25) is 0 Å². The van der Waals surface area contributed by atoms with Gasteiger partial charge < -0.3 is 20.4 Å². The van der Waals surface area contributed by atoms with E-state index in [4.69, 9.17) is 0 Å². The van der Waals surface area contributed by atoms with Crippen LogP contribution in [-0.2, 0) is 4.79 Å². The number of fused-ring (bicyclic) bond motifs is 2. The molecule has 4 aliphatic carbocycles. The zero-order valence-corrected chi connectivity index (χ0v) is 22.8. The molecule has 4 fully saturated rings. The van der Waals surface area contributed by atoms with Gasteiger partial charge in [0.1, 0.15) is 0 Å². The third kappa shape index (κ3) is 3.94. The van der Waals surface area contributed by atoms with Crippen LogP contribution in [0.4, 0.5) is 0 Å². The van der Waals surface area contributed by atoms with Crippen LogP contribution in [-0.4, -0.2) is 44.7 Å². The predicted molar refractivity (Wildman–Crippen MR) is 138 cm³/mol. The Balaban J connectivity index is 1.57. The van der Waals surface area contributed by atoms with Crippen LogP contribution in [0.1, 0.15) is 105 Å². The lowest BCUT2D eigenvalue weighted by Crippen LogP contribution is -2.54. The maximum Gasteiger partial charge on any atom is 0.303 e. The molecule has 4 rings (SSSR count). The van der Waals surface area contributed by atoms with Crippen molar-refractivity contribution in [3.63, 3.8) is 0 Å². The maximum absolute atomic E-state index is 11.6. The van der Waals surface area contributed by atoms with Crippen LogP contribution >= 0.6 is 0 Å². The molecule has 1 spiro atoms. The SMILES string of the molecule is C=C(CO)C1CCC2C3(C)CCC(C(C)CCC(O)C(C)(C)O)C3(C)CCC23CC13CCC(=O)O. The number of aliphatic carboxylic acids is 1. The second kappa shape index (κ2) is 8.84. The Kier molecular flexibility index (Phi) is 6.85. The first kappa shape index (κ1) is 27.1. The molecule has 9 atom stereocenters. The molecule has 0 aromatic rings. The Morgan fingerprint density at radius 3 is 2.37 bits per heavy atom. The molecule has 0 aromatic carbocycles. The summed E-state index contributed by atoms with van der Waals surface area (Å²) in [5, 5.41) is 40.0. The Labute approximate surface area is 212 Å². The van der Waals surface area contributed by atoms with Crippen LogP contribution in [0.15, 0.2) is 12.2 Å². The lowest BCUT2D eigenvalue weighted by molar-refractivity contribution is -0.139. The quantitative estimate of drug-likeness (QED) is 0.300. The smallest absolute Gasteiger partial charge is 0.303 e. The first-order valence-corrected chi connectivity index (χ1v) is 14.1. The van der Waals surface area contributed by atoms with E-state index in [2.05, 4.69) is 27.4 Å². The average molecular weight is 491 g/mol. The fourth-order valence-corrected chi connectivity index (χ4v) is 10.2. The second-order valence-corrected chi connectivity index (χ2v) is 14.1. The average Bonchev–Trinajstić information content (AvgIpc) is 3.38. The molecule has 4 aliphatic rings. The van der Waals surface area contributed by atoms with E-state index in [0.717, 1.165) is 37.7 Å². The minimum absolute atomic E-state index is 0.00101. The number of hydrogen-bond acceptors (Lipinski definition) is 4. The molecule has 0 bridgehead atoms. The van der Waals surface area contributed by atoms with E-state index in [1.54, 1.807) is 13.8 Å². The van der Waals surface area contributed by atoms with Gasteiger partial charge >= 0.3 is 5.97 Å². The van der Waals surface area contributed by atoms with Gasteiger partial charge in [-0.2, -0.15) is 0 Å². The molecule has 35 heavy (non-hydrogen) atoms. The largest absolute Gasteiger partial charge is 0.481 e. The minimum atomic E-state index is -1.06. The number of carbonyl (C=O) groups is 1. The van der Waals surface area contributed by atoms with Gasteiger partial charge in [0.25, 0.3) is 0 Å². The van der Waals surface area contributed by atoms with Crippen LogP contribution < -0.4 is 0 Å². The molecule has 0 aliphatic heterocycles. The van der Waals surface area contributed by atoms with Crippen molar-refractivity contribution in [3.8, 4) is 0 Å². The molecule has 0 aromatic heterocycles. The number of hydrogen-bond donors (Lipinski definition) is 4. The lowest BCUT2D eigenvalue weighted by Gasteiger charge is -2.61. The van der Waals surface area contributed by atoms with Gasteiger partial charge in [-0.05, 0) is 129 Å². The van der Waals surface area contributed by atoms with Gasteiger partial charge in [0.05, 0.1) is 18.3 Å². The summed E-state index contributed by atoms with van der Waals surface area (Å²) in [6, 6.07) is 0.